The van der Waals surface area contributed by atoms with Gasteiger partial charge in [-0.25, -0.2) is 18.6 Å². The molecule has 0 spiro atoms. The second-order valence-corrected chi connectivity index (χ2v) is 6.93. The first-order chi connectivity index (χ1) is 14.1. The van der Waals surface area contributed by atoms with Crippen LogP contribution in [0, 0.1) is 5.92 Å². The number of alkyl halides is 5. The van der Waals surface area contributed by atoms with Gasteiger partial charge in [0, 0.05) is 31.4 Å². The van der Waals surface area contributed by atoms with Gasteiger partial charge in [-0.3, -0.25) is 9.78 Å². The summed E-state index contributed by atoms with van der Waals surface area (Å²) >= 11 is 0. The van der Waals surface area contributed by atoms with Crippen molar-refractivity contribution in [2.45, 2.75) is 39.0 Å². The SMILES string of the molecule is C[C@@H](CC(=O)c1ncn2c1CN(C(=O)Nc1ccnc(C(F)F)c1)CC2)C(F)(F)F. The van der Waals surface area contributed by atoms with Gasteiger partial charge in [0.05, 0.1) is 24.5 Å². The lowest BCUT2D eigenvalue weighted by molar-refractivity contribution is -0.168. The summed E-state index contributed by atoms with van der Waals surface area (Å²) in [4.78, 5) is 33.6. The van der Waals surface area contributed by atoms with Crippen molar-refractivity contribution in [3.05, 3.63) is 41.7 Å². The van der Waals surface area contributed by atoms with Crippen LogP contribution in [0.25, 0.3) is 0 Å². The molecule has 12 heteroatoms. The van der Waals surface area contributed by atoms with Crippen molar-refractivity contribution < 1.29 is 31.5 Å². The Balaban J connectivity index is 1.71. The first-order valence-electron chi connectivity index (χ1n) is 9.00. The Kier molecular flexibility index (Phi) is 6.04. The lowest BCUT2D eigenvalue weighted by Crippen LogP contribution is -2.41. The Bertz CT molecular complexity index is 943. The van der Waals surface area contributed by atoms with Crippen LogP contribution in [-0.2, 0) is 13.1 Å². The van der Waals surface area contributed by atoms with Crippen molar-refractivity contribution in [1.82, 2.24) is 19.4 Å². The summed E-state index contributed by atoms with van der Waals surface area (Å²) in [5, 5.41) is 2.48. The summed E-state index contributed by atoms with van der Waals surface area (Å²) in [6, 6.07) is 1.80. The van der Waals surface area contributed by atoms with Gasteiger partial charge >= 0.3 is 12.2 Å². The van der Waals surface area contributed by atoms with Crippen molar-refractivity contribution in [2.75, 3.05) is 11.9 Å². The quantitative estimate of drug-likeness (QED) is 0.573. The molecule has 0 radical (unpaired) electrons. The number of anilines is 1. The molecule has 2 amide bonds. The molecule has 1 aliphatic heterocycles. The van der Waals surface area contributed by atoms with Crippen molar-refractivity contribution >= 4 is 17.5 Å². The van der Waals surface area contributed by atoms with Gasteiger partial charge in [-0.2, -0.15) is 13.2 Å². The molecule has 3 rings (SSSR count). The second-order valence-electron chi connectivity index (χ2n) is 6.93. The van der Waals surface area contributed by atoms with Crippen LogP contribution in [0.1, 0.15) is 41.6 Å². The molecule has 7 nitrogen and oxygen atoms in total. The van der Waals surface area contributed by atoms with Crippen LogP contribution in [0.4, 0.5) is 32.4 Å². The lowest BCUT2D eigenvalue weighted by atomic mass is 10.0. The first kappa shape index (κ1) is 21.7. The smallest absolute Gasteiger partial charge is 0.331 e. The van der Waals surface area contributed by atoms with E-state index in [-0.39, 0.29) is 31.0 Å². The van der Waals surface area contributed by atoms with Gasteiger partial charge in [0.2, 0.25) is 0 Å². The maximum Gasteiger partial charge on any atom is 0.391 e. The topological polar surface area (TPSA) is 80.1 Å². The zero-order valence-electron chi connectivity index (χ0n) is 15.8. The molecule has 0 saturated carbocycles. The van der Waals surface area contributed by atoms with E-state index in [1.807, 2.05) is 0 Å². The maximum atomic E-state index is 12.8. The molecular weight excluding hydrogens is 413 g/mol. The zero-order valence-corrected chi connectivity index (χ0v) is 15.8. The molecule has 0 aromatic carbocycles. The number of amides is 2. The standard InChI is InChI=1S/C18H18F5N5O2/c1-10(18(21,22)23)6-14(29)15-13-8-27(4-5-28(13)9-25-15)17(30)26-11-2-3-24-12(7-11)16(19)20/h2-3,7,9-10,16H,4-6,8H2,1H3,(H,24,26,30)/t10-/m0/s1. The molecule has 1 aliphatic rings. The molecule has 0 saturated heterocycles. The molecule has 162 valence electrons. The number of fused-ring (bicyclic) bond motifs is 1. The van der Waals surface area contributed by atoms with E-state index in [1.54, 1.807) is 4.57 Å². The molecule has 30 heavy (non-hydrogen) atoms. The summed E-state index contributed by atoms with van der Waals surface area (Å²) in [5.41, 5.74) is -0.137. The number of nitrogens with zero attached hydrogens (tertiary/aromatic N) is 4. The number of nitrogens with one attached hydrogen (secondary N) is 1. The van der Waals surface area contributed by atoms with Crippen LogP contribution in [0.5, 0.6) is 0 Å². The normalized spacial score (nSPS) is 15.1. The van der Waals surface area contributed by atoms with Crippen molar-refractivity contribution in [3.8, 4) is 0 Å². The number of halogens is 5. The van der Waals surface area contributed by atoms with Crippen LogP contribution < -0.4 is 5.32 Å². The Morgan fingerprint density at radius 2 is 1.97 bits per heavy atom. The highest BCUT2D eigenvalue weighted by molar-refractivity contribution is 5.96. The van der Waals surface area contributed by atoms with Crippen LogP contribution in [0.3, 0.4) is 0 Å². The number of rotatable bonds is 5. The van der Waals surface area contributed by atoms with Crippen molar-refractivity contribution in [3.63, 3.8) is 0 Å². The first-order valence-corrected chi connectivity index (χ1v) is 9.00. The van der Waals surface area contributed by atoms with E-state index < -0.39 is 42.4 Å². The number of ketones is 1. The summed E-state index contributed by atoms with van der Waals surface area (Å²) in [7, 11) is 0. The molecular formula is C18H18F5N5O2. The molecule has 1 atom stereocenters. The van der Waals surface area contributed by atoms with E-state index in [0.717, 1.165) is 19.2 Å². The summed E-state index contributed by atoms with van der Waals surface area (Å²) in [5.74, 6) is -2.58. The minimum Gasteiger partial charge on any atom is -0.331 e. The van der Waals surface area contributed by atoms with Gasteiger partial charge in [0.1, 0.15) is 11.4 Å². The van der Waals surface area contributed by atoms with Crippen LogP contribution in [-0.4, -0.2) is 44.0 Å². The third-order valence-electron chi connectivity index (χ3n) is 4.76. The minimum absolute atomic E-state index is 0.0555. The van der Waals surface area contributed by atoms with E-state index in [1.165, 1.54) is 17.3 Å². The third-order valence-corrected chi connectivity index (χ3v) is 4.76. The van der Waals surface area contributed by atoms with Gasteiger partial charge in [0.15, 0.2) is 5.78 Å². The highest BCUT2D eigenvalue weighted by Crippen LogP contribution is 2.30. The number of Topliss-reactive ketones (excluding diaryl/α,β-unsaturated/α-hetero) is 1. The molecule has 0 aliphatic carbocycles. The second kappa shape index (κ2) is 8.36. The van der Waals surface area contributed by atoms with E-state index in [4.69, 9.17) is 0 Å². The molecule has 2 aromatic rings. The predicted octanol–water partition coefficient (Wildman–Crippen LogP) is 4.03. The highest BCUT2D eigenvalue weighted by atomic mass is 19.4. The fraction of sp³-hybridized carbons (Fsp3) is 0.444. The van der Waals surface area contributed by atoms with Crippen molar-refractivity contribution in [2.24, 2.45) is 5.92 Å². The van der Waals surface area contributed by atoms with Crippen LogP contribution in [0.2, 0.25) is 0 Å². The number of hydrogen-bond acceptors (Lipinski definition) is 4. The van der Waals surface area contributed by atoms with E-state index in [0.29, 0.717) is 5.69 Å². The molecule has 0 unspecified atom stereocenters. The molecule has 1 N–H and O–H groups in total. The van der Waals surface area contributed by atoms with E-state index >= 15 is 0 Å². The van der Waals surface area contributed by atoms with Crippen molar-refractivity contribution in [1.29, 1.82) is 0 Å². The maximum absolute atomic E-state index is 12.8. The summed E-state index contributed by atoms with van der Waals surface area (Å²) < 4.78 is 65.4. The van der Waals surface area contributed by atoms with Gasteiger partial charge in [-0.05, 0) is 12.1 Å². The average Bonchev–Trinajstić information content (AvgIpc) is 3.10. The highest BCUT2D eigenvalue weighted by Gasteiger charge is 2.38. The Morgan fingerprint density at radius 3 is 2.63 bits per heavy atom. The molecule has 0 fully saturated rings. The molecule has 2 aromatic heterocycles. The number of imidazole rings is 1. The number of carbonyl (C=O) groups is 2. The Labute approximate surface area is 167 Å². The largest absolute Gasteiger partial charge is 0.391 e. The van der Waals surface area contributed by atoms with Gasteiger partial charge in [0.25, 0.3) is 6.43 Å². The number of aromatic nitrogens is 3. The van der Waals surface area contributed by atoms with Gasteiger partial charge in [-0.1, -0.05) is 6.92 Å². The van der Waals surface area contributed by atoms with Crippen LogP contribution in [0.15, 0.2) is 24.7 Å². The summed E-state index contributed by atoms with van der Waals surface area (Å²) in [6.07, 6.45) is -5.54. The third kappa shape index (κ3) is 4.74. The Hall–Kier alpha value is -3.05. The van der Waals surface area contributed by atoms with Crippen LogP contribution >= 0.6 is 0 Å². The molecule has 3 heterocycles. The average molecular weight is 431 g/mol. The number of carbonyl (C=O) groups excluding carboxylic acids is 2. The van der Waals surface area contributed by atoms with Gasteiger partial charge in [-0.15, -0.1) is 0 Å². The lowest BCUT2D eigenvalue weighted by Gasteiger charge is -2.29. The number of hydrogen-bond donors (Lipinski definition) is 1. The fourth-order valence-electron chi connectivity index (χ4n) is 3.00. The number of urea groups is 1. The zero-order chi connectivity index (χ0) is 22.1. The predicted molar refractivity (Wildman–Crippen MR) is 95.0 cm³/mol. The van der Waals surface area contributed by atoms with Gasteiger partial charge < -0.3 is 14.8 Å². The fourth-order valence-corrected chi connectivity index (χ4v) is 3.00. The minimum atomic E-state index is -4.50. The number of pyridine rings is 1. The summed E-state index contributed by atoms with van der Waals surface area (Å²) in [6.45, 7) is 1.40. The van der Waals surface area contributed by atoms with E-state index in [2.05, 4.69) is 15.3 Å². The van der Waals surface area contributed by atoms with E-state index in [9.17, 15) is 31.5 Å². The Morgan fingerprint density at radius 1 is 1.23 bits per heavy atom. The monoisotopic (exact) mass is 431 g/mol. The molecule has 0 bridgehead atoms.